The first-order valence-corrected chi connectivity index (χ1v) is 8.45. The van der Waals surface area contributed by atoms with Crippen LogP contribution in [-0.2, 0) is 11.0 Å². The molecule has 2 amide bonds. The number of rotatable bonds is 2. The van der Waals surface area contributed by atoms with Crippen LogP contribution in [0.2, 0.25) is 0 Å². The second kappa shape index (κ2) is 6.66. The van der Waals surface area contributed by atoms with Crippen LogP contribution in [0.25, 0.3) is 22.6 Å². The number of carbonyl (C=O) groups excluding carboxylic acids is 2. The summed E-state index contributed by atoms with van der Waals surface area (Å²) in [6, 6.07) is 9.17. The number of piperazine rings is 1. The molecule has 4 rings (SSSR count). The Hall–Kier alpha value is -3.36. The minimum atomic E-state index is -4.42. The minimum absolute atomic E-state index is 0.00745. The number of nitrogens with zero attached hydrogens (tertiary/aromatic N) is 2. The topological polar surface area (TPSA) is 75.4 Å². The Labute approximate surface area is 156 Å². The van der Waals surface area contributed by atoms with E-state index >= 15 is 0 Å². The van der Waals surface area contributed by atoms with E-state index in [1.165, 1.54) is 17.0 Å². The van der Waals surface area contributed by atoms with Crippen LogP contribution in [0, 0.1) is 0 Å². The van der Waals surface area contributed by atoms with Gasteiger partial charge in [-0.05, 0) is 42.5 Å². The molecule has 2 aromatic carbocycles. The quantitative estimate of drug-likeness (QED) is 0.731. The van der Waals surface area contributed by atoms with E-state index < -0.39 is 11.7 Å². The molecule has 144 valence electrons. The highest BCUT2D eigenvalue weighted by molar-refractivity contribution is 5.99. The van der Waals surface area contributed by atoms with E-state index in [0.717, 1.165) is 12.1 Å². The van der Waals surface area contributed by atoms with Gasteiger partial charge in [-0.15, -0.1) is 0 Å². The maximum atomic E-state index is 12.7. The van der Waals surface area contributed by atoms with E-state index in [-0.39, 0.29) is 24.2 Å². The van der Waals surface area contributed by atoms with Gasteiger partial charge >= 0.3 is 6.18 Å². The molecule has 2 heterocycles. The van der Waals surface area contributed by atoms with Crippen LogP contribution < -0.4 is 5.32 Å². The summed E-state index contributed by atoms with van der Waals surface area (Å²) in [7, 11) is 0. The molecule has 1 aromatic heterocycles. The van der Waals surface area contributed by atoms with Crippen LogP contribution in [0.1, 0.15) is 15.9 Å². The number of oxazole rings is 1. The summed E-state index contributed by atoms with van der Waals surface area (Å²) in [5.74, 6) is -0.354. The summed E-state index contributed by atoms with van der Waals surface area (Å²) in [5, 5.41) is 2.65. The second-order valence-corrected chi connectivity index (χ2v) is 6.35. The van der Waals surface area contributed by atoms with Crippen molar-refractivity contribution in [3.05, 3.63) is 53.6 Å². The third kappa shape index (κ3) is 3.42. The van der Waals surface area contributed by atoms with Crippen molar-refractivity contribution in [2.45, 2.75) is 6.18 Å². The number of fused-ring (bicyclic) bond motifs is 1. The fraction of sp³-hybridized carbons (Fsp3) is 0.211. The zero-order valence-corrected chi connectivity index (χ0v) is 14.4. The lowest BCUT2D eigenvalue weighted by molar-refractivity contribution is -0.137. The molecule has 1 aliphatic rings. The molecular formula is C19H14F3N3O3. The third-order valence-electron chi connectivity index (χ3n) is 4.42. The lowest BCUT2D eigenvalue weighted by atomic mass is 10.1. The molecule has 0 saturated carbocycles. The smallest absolute Gasteiger partial charge is 0.416 e. The van der Waals surface area contributed by atoms with Crippen molar-refractivity contribution < 1.29 is 27.2 Å². The third-order valence-corrected chi connectivity index (χ3v) is 4.42. The summed E-state index contributed by atoms with van der Waals surface area (Å²) >= 11 is 0. The molecule has 0 bridgehead atoms. The Morgan fingerprint density at radius 3 is 2.57 bits per heavy atom. The molecule has 0 spiro atoms. The Morgan fingerprint density at radius 2 is 1.89 bits per heavy atom. The lowest BCUT2D eigenvalue weighted by Crippen LogP contribution is -2.49. The molecule has 0 unspecified atom stereocenters. The fourth-order valence-corrected chi connectivity index (χ4v) is 2.98. The van der Waals surface area contributed by atoms with Gasteiger partial charge in [0, 0.05) is 24.2 Å². The molecule has 0 aliphatic carbocycles. The predicted octanol–water partition coefficient (Wildman–Crippen LogP) is 3.09. The fourth-order valence-electron chi connectivity index (χ4n) is 2.98. The van der Waals surface area contributed by atoms with Crippen molar-refractivity contribution in [3.63, 3.8) is 0 Å². The first-order valence-electron chi connectivity index (χ1n) is 8.45. The van der Waals surface area contributed by atoms with E-state index in [9.17, 15) is 22.8 Å². The number of alkyl halides is 3. The zero-order chi connectivity index (χ0) is 19.9. The molecule has 0 radical (unpaired) electrons. The summed E-state index contributed by atoms with van der Waals surface area (Å²) in [6.07, 6.45) is -4.42. The second-order valence-electron chi connectivity index (χ2n) is 6.35. The molecule has 1 saturated heterocycles. The summed E-state index contributed by atoms with van der Waals surface area (Å²) < 4.78 is 43.7. The van der Waals surface area contributed by atoms with Gasteiger partial charge in [-0.25, -0.2) is 4.98 Å². The highest BCUT2D eigenvalue weighted by atomic mass is 19.4. The lowest BCUT2D eigenvalue weighted by Gasteiger charge is -2.26. The van der Waals surface area contributed by atoms with Gasteiger partial charge < -0.3 is 14.6 Å². The van der Waals surface area contributed by atoms with E-state index in [2.05, 4.69) is 10.3 Å². The molecular weight excluding hydrogens is 375 g/mol. The van der Waals surface area contributed by atoms with Crippen molar-refractivity contribution in [1.82, 2.24) is 15.2 Å². The monoisotopic (exact) mass is 389 g/mol. The molecule has 28 heavy (non-hydrogen) atoms. The average molecular weight is 389 g/mol. The molecule has 1 N–H and O–H groups in total. The maximum Gasteiger partial charge on any atom is 0.416 e. The molecule has 1 fully saturated rings. The van der Waals surface area contributed by atoms with Crippen molar-refractivity contribution in [2.24, 2.45) is 0 Å². The number of nitrogens with one attached hydrogen (secondary N) is 1. The predicted molar refractivity (Wildman–Crippen MR) is 93.4 cm³/mol. The minimum Gasteiger partial charge on any atom is -0.436 e. The molecule has 1 aliphatic heterocycles. The molecule has 3 aromatic rings. The number of hydrogen-bond donors (Lipinski definition) is 1. The van der Waals surface area contributed by atoms with Crippen LogP contribution in [-0.4, -0.2) is 41.3 Å². The van der Waals surface area contributed by atoms with Crippen LogP contribution in [0.5, 0.6) is 0 Å². The summed E-state index contributed by atoms with van der Waals surface area (Å²) in [4.78, 5) is 29.8. The highest BCUT2D eigenvalue weighted by Gasteiger charge is 2.30. The van der Waals surface area contributed by atoms with Gasteiger partial charge in [-0.2, -0.15) is 13.2 Å². The van der Waals surface area contributed by atoms with E-state index in [4.69, 9.17) is 4.42 Å². The van der Waals surface area contributed by atoms with Gasteiger partial charge in [0.25, 0.3) is 5.91 Å². The Kier molecular flexibility index (Phi) is 4.29. The van der Waals surface area contributed by atoms with Gasteiger partial charge in [-0.1, -0.05) is 0 Å². The van der Waals surface area contributed by atoms with Crippen molar-refractivity contribution >= 4 is 22.9 Å². The summed E-state index contributed by atoms with van der Waals surface area (Å²) in [5.41, 5.74) is 0.801. The number of halogens is 3. The average Bonchev–Trinajstić information content (AvgIpc) is 3.10. The Balaban J connectivity index is 1.61. The number of aromatic nitrogens is 1. The number of hydrogen-bond acceptors (Lipinski definition) is 4. The largest absolute Gasteiger partial charge is 0.436 e. The SMILES string of the molecule is O=C1CN(C(=O)c2ccc3oc(-c4ccc(C(F)(F)F)cc4)nc3c2)CCN1. The van der Waals surface area contributed by atoms with Crippen LogP contribution in [0.4, 0.5) is 13.2 Å². The zero-order valence-electron chi connectivity index (χ0n) is 14.4. The van der Waals surface area contributed by atoms with Gasteiger partial charge in [0.15, 0.2) is 5.58 Å². The first-order chi connectivity index (χ1) is 13.3. The standard InChI is InChI=1S/C19H14F3N3O3/c20-19(21,22)13-4-1-11(2-5-13)17-24-14-9-12(3-6-15(14)28-17)18(27)25-8-7-23-16(26)10-25/h1-6,9H,7-8,10H2,(H,23,26). The van der Waals surface area contributed by atoms with Crippen LogP contribution in [0.3, 0.4) is 0 Å². The molecule has 9 heteroatoms. The van der Waals surface area contributed by atoms with Gasteiger partial charge in [-0.3, -0.25) is 9.59 Å². The van der Waals surface area contributed by atoms with E-state index in [0.29, 0.717) is 35.3 Å². The van der Waals surface area contributed by atoms with Crippen molar-refractivity contribution in [1.29, 1.82) is 0 Å². The van der Waals surface area contributed by atoms with E-state index in [1.807, 2.05) is 0 Å². The van der Waals surface area contributed by atoms with E-state index in [1.54, 1.807) is 18.2 Å². The number of carbonyl (C=O) groups is 2. The normalized spacial score (nSPS) is 15.0. The highest BCUT2D eigenvalue weighted by Crippen LogP contribution is 2.31. The van der Waals surface area contributed by atoms with Crippen LogP contribution >= 0.6 is 0 Å². The first kappa shape index (κ1) is 18.0. The van der Waals surface area contributed by atoms with Crippen LogP contribution in [0.15, 0.2) is 46.9 Å². The number of benzene rings is 2. The van der Waals surface area contributed by atoms with Gasteiger partial charge in [0.05, 0.1) is 12.1 Å². The summed E-state index contributed by atoms with van der Waals surface area (Å²) in [6.45, 7) is 0.805. The van der Waals surface area contributed by atoms with Crippen molar-refractivity contribution in [3.8, 4) is 11.5 Å². The van der Waals surface area contributed by atoms with Crippen molar-refractivity contribution in [2.75, 3.05) is 19.6 Å². The Bertz CT molecular complexity index is 1060. The maximum absolute atomic E-state index is 12.7. The molecule has 6 nitrogen and oxygen atoms in total. The number of amides is 2. The van der Waals surface area contributed by atoms with Gasteiger partial charge in [0.2, 0.25) is 11.8 Å². The molecule has 0 atom stereocenters. The van der Waals surface area contributed by atoms with Gasteiger partial charge in [0.1, 0.15) is 5.52 Å². The Morgan fingerprint density at radius 1 is 1.14 bits per heavy atom.